The number of hydrogen-bond donors (Lipinski definition) is 4. The Labute approximate surface area is 175 Å². The second-order valence-corrected chi connectivity index (χ2v) is 7.95. The van der Waals surface area contributed by atoms with E-state index in [-0.39, 0.29) is 12.6 Å². The molecular formula is C22H27N7O. The molecule has 2 aliphatic rings. The van der Waals surface area contributed by atoms with Crippen molar-refractivity contribution in [3.63, 3.8) is 0 Å². The van der Waals surface area contributed by atoms with Gasteiger partial charge in [-0.3, -0.25) is 0 Å². The van der Waals surface area contributed by atoms with Gasteiger partial charge in [-0.2, -0.15) is 9.61 Å². The third kappa shape index (κ3) is 3.43. The molecule has 2 unspecified atom stereocenters. The van der Waals surface area contributed by atoms with E-state index in [1.54, 1.807) is 4.52 Å². The first-order chi connectivity index (χ1) is 14.7. The van der Waals surface area contributed by atoms with Crippen LogP contribution in [0.15, 0.2) is 48.8 Å². The molecule has 8 heteroatoms. The van der Waals surface area contributed by atoms with Gasteiger partial charge in [0.1, 0.15) is 5.82 Å². The van der Waals surface area contributed by atoms with Crippen LogP contribution in [-0.2, 0) is 0 Å². The topological polar surface area (TPSA) is 104 Å². The van der Waals surface area contributed by atoms with Crippen LogP contribution in [0.4, 0.5) is 5.82 Å². The highest BCUT2D eigenvalue weighted by Crippen LogP contribution is 2.30. The Balaban J connectivity index is 1.48. The average Bonchev–Trinajstić information content (AvgIpc) is 3.43. The first kappa shape index (κ1) is 19.0. The molecular weight excluding hydrogens is 378 g/mol. The summed E-state index contributed by atoms with van der Waals surface area (Å²) in [7, 11) is 0. The van der Waals surface area contributed by atoms with Crippen LogP contribution in [0.3, 0.4) is 0 Å². The van der Waals surface area contributed by atoms with Crippen LogP contribution in [0.25, 0.3) is 11.2 Å². The predicted octanol–water partition coefficient (Wildman–Crippen LogP) is 1.67. The monoisotopic (exact) mass is 405 g/mol. The number of hydrazine groups is 1. The number of nitrogens with zero attached hydrogens (tertiary/aromatic N) is 4. The van der Waals surface area contributed by atoms with Crippen LogP contribution in [0.5, 0.6) is 0 Å². The Hall–Kier alpha value is -2.94. The van der Waals surface area contributed by atoms with Crippen molar-refractivity contribution in [2.45, 2.75) is 24.8 Å². The zero-order valence-corrected chi connectivity index (χ0v) is 16.8. The number of anilines is 1. The molecule has 5 rings (SSSR count). The Bertz CT molecular complexity index is 1060. The first-order valence-corrected chi connectivity index (χ1v) is 10.5. The second kappa shape index (κ2) is 8.06. The summed E-state index contributed by atoms with van der Waals surface area (Å²) in [5.41, 5.74) is 14.6. The number of aliphatic hydroxyl groups is 1. The Morgan fingerprint density at radius 1 is 1.27 bits per heavy atom. The van der Waals surface area contributed by atoms with Gasteiger partial charge in [-0.1, -0.05) is 30.3 Å². The standard InChI is InChI=1S/C22H27N7O/c23-21-9-19(16-7-4-8-24-10-16)27-22-18(12-26-29(21)22)17-11-25-28(13-17)20(14-30)15-5-2-1-3-6-15/h1-3,5-6,9,12-13,16,20,24-25,30H,4,7-8,10-11,14,23H2. The van der Waals surface area contributed by atoms with Gasteiger partial charge in [-0.05, 0) is 30.5 Å². The molecule has 2 aliphatic heterocycles. The Kier molecular flexibility index (Phi) is 5.12. The maximum atomic E-state index is 9.98. The number of nitrogens with two attached hydrogens (primary N) is 1. The van der Waals surface area contributed by atoms with Crippen LogP contribution in [0.1, 0.15) is 41.6 Å². The molecule has 1 saturated heterocycles. The number of fused-ring (bicyclic) bond motifs is 1. The van der Waals surface area contributed by atoms with Gasteiger partial charge in [-0.15, -0.1) is 0 Å². The molecule has 0 radical (unpaired) electrons. The van der Waals surface area contributed by atoms with Crippen molar-refractivity contribution >= 4 is 17.0 Å². The van der Waals surface area contributed by atoms with Crippen LogP contribution in [0.2, 0.25) is 0 Å². The van der Waals surface area contributed by atoms with Gasteiger partial charge in [0.15, 0.2) is 5.65 Å². The van der Waals surface area contributed by atoms with Gasteiger partial charge in [0.2, 0.25) is 0 Å². The van der Waals surface area contributed by atoms with Crippen molar-refractivity contribution in [2.24, 2.45) is 0 Å². The van der Waals surface area contributed by atoms with E-state index in [1.165, 1.54) is 0 Å². The summed E-state index contributed by atoms with van der Waals surface area (Å²) >= 11 is 0. The number of hydrogen-bond acceptors (Lipinski definition) is 7. The lowest BCUT2D eigenvalue weighted by atomic mass is 9.96. The van der Waals surface area contributed by atoms with E-state index in [0.717, 1.165) is 54.0 Å². The second-order valence-electron chi connectivity index (χ2n) is 7.95. The largest absolute Gasteiger partial charge is 0.394 e. The van der Waals surface area contributed by atoms with Crippen molar-refractivity contribution in [2.75, 3.05) is 32.0 Å². The third-order valence-electron chi connectivity index (χ3n) is 6.02. The average molecular weight is 406 g/mol. The summed E-state index contributed by atoms with van der Waals surface area (Å²) in [6.07, 6.45) is 6.13. The molecule has 0 spiro atoms. The number of nitrogens with one attached hydrogen (secondary N) is 2. The smallest absolute Gasteiger partial charge is 0.165 e. The van der Waals surface area contributed by atoms with Crippen molar-refractivity contribution < 1.29 is 5.11 Å². The van der Waals surface area contributed by atoms with E-state index in [2.05, 4.69) is 15.8 Å². The summed E-state index contributed by atoms with van der Waals surface area (Å²) in [6, 6.07) is 11.8. The van der Waals surface area contributed by atoms with E-state index >= 15 is 0 Å². The highest BCUT2D eigenvalue weighted by atomic mass is 16.3. The lowest BCUT2D eigenvalue weighted by molar-refractivity contribution is 0.137. The number of nitrogen functional groups attached to an aromatic ring is 1. The number of piperidine rings is 1. The van der Waals surface area contributed by atoms with Crippen molar-refractivity contribution in [1.29, 1.82) is 0 Å². The molecule has 30 heavy (non-hydrogen) atoms. The van der Waals surface area contributed by atoms with Crippen molar-refractivity contribution in [1.82, 2.24) is 30.3 Å². The molecule has 1 aromatic carbocycles. The van der Waals surface area contributed by atoms with Crippen LogP contribution in [0, 0.1) is 0 Å². The van der Waals surface area contributed by atoms with Crippen LogP contribution >= 0.6 is 0 Å². The molecule has 4 heterocycles. The third-order valence-corrected chi connectivity index (χ3v) is 6.02. The fourth-order valence-electron chi connectivity index (χ4n) is 4.38. The van der Waals surface area contributed by atoms with E-state index in [1.807, 2.05) is 53.8 Å². The first-order valence-electron chi connectivity index (χ1n) is 10.5. The lowest BCUT2D eigenvalue weighted by Crippen LogP contribution is -2.34. The van der Waals surface area contributed by atoms with Crippen molar-refractivity contribution in [3.8, 4) is 0 Å². The summed E-state index contributed by atoms with van der Waals surface area (Å²) in [5, 5.41) is 19.9. The number of aliphatic hydroxyl groups excluding tert-OH is 1. The summed E-state index contributed by atoms with van der Waals surface area (Å²) in [6.45, 7) is 2.65. The predicted molar refractivity (Wildman–Crippen MR) is 116 cm³/mol. The normalized spacial score (nSPS) is 20.5. The lowest BCUT2D eigenvalue weighted by Gasteiger charge is -2.26. The highest BCUT2D eigenvalue weighted by Gasteiger charge is 2.25. The molecule has 1 fully saturated rings. The SMILES string of the molecule is Nc1cc(C2CCCNC2)nc2c(C3=CN(C(CO)c4ccccc4)NC3)cnn12. The summed E-state index contributed by atoms with van der Waals surface area (Å²) in [4.78, 5) is 4.96. The quantitative estimate of drug-likeness (QED) is 0.512. The summed E-state index contributed by atoms with van der Waals surface area (Å²) < 4.78 is 1.71. The fraction of sp³-hybridized carbons (Fsp3) is 0.364. The zero-order valence-electron chi connectivity index (χ0n) is 16.8. The number of aromatic nitrogens is 3. The van der Waals surface area contributed by atoms with Gasteiger partial charge >= 0.3 is 0 Å². The van der Waals surface area contributed by atoms with E-state index in [4.69, 9.17) is 10.7 Å². The molecule has 0 bridgehead atoms. The maximum Gasteiger partial charge on any atom is 0.165 e. The molecule has 2 atom stereocenters. The fourth-order valence-corrected chi connectivity index (χ4v) is 4.38. The van der Waals surface area contributed by atoms with Gasteiger partial charge in [0, 0.05) is 36.8 Å². The molecule has 2 aromatic heterocycles. The van der Waals surface area contributed by atoms with E-state index < -0.39 is 0 Å². The minimum absolute atomic E-state index is 0.0135. The molecule has 0 saturated carbocycles. The van der Waals surface area contributed by atoms with Gasteiger partial charge < -0.3 is 21.2 Å². The molecule has 156 valence electrons. The van der Waals surface area contributed by atoms with Crippen LogP contribution < -0.4 is 16.5 Å². The van der Waals surface area contributed by atoms with Gasteiger partial charge in [0.25, 0.3) is 0 Å². The maximum absolute atomic E-state index is 9.98. The van der Waals surface area contributed by atoms with Crippen molar-refractivity contribution in [3.05, 3.63) is 65.6 Å². The molecule has 5 N–H and O–H groups in total. The highest BCUT2D eigenvalue weighted by molar-refractivity contribution is 5.78. The molecule has 8 nitrogen and oxygen atoms in total. The Morgan fingerprint density at radius 3 is 2.90 bits per heavy atom. The van der Waals surface area contributed by atoms with Gasteiger partial charge in [-0.25, -0.2) is 10.4 Å². The molecule has 0 aliphatic carbocycles. The zero-order chi connectivity index (χ0) is 20.5. The number of rotatable bonds is 5. The van der Waals surface area contributed by atoms with E-state index in [0.29, 0.717) is 18.3 Å². The molecule has 0 amide bonds. The van der Waals surface area contributed by atoms with Crippen LogP contribution in [-0.4, -0.2) is 51.0 Å². The minimum Gasteiger partial charge on any atom is -0.394 e. The van der Waals surface area contributed by atoms with E-state index in [9.17, 15) is 5.11 Å². The van der Waals surface area contributed by atoms with Gasteiger partial charge in [0.05, 0.1) is 24.5 Å². The summed E-state index contributed by atoms with van der Waals surface area (Å²) in [5.74, 6) is 0.977. The molecule has 3 aromatic rings. The Morgan fingerprint density at radius 2 is 2.13 bits per heavy atom. The number of benzene rings is 1. The minimum atomic E-state index is -0.160.